The zero-order valence-electron chi connectivity index (χ0n) is 29.6. The Morgan fingerprint density at radius 3 is 2.17 bits per heavy atom. The van der Waals surface area contributed by atoms with Gasteiger partial charge < -0.3 is 24.8 Å². The van der Waals surface area contributed by atoms with Gasteiger partial charge in [-0.2, -0.15) is 0 Å². The lowest BCUT2D eigenvalue weighted by Crippen LogP contribution is -2.66. The minimum atomic E-state index is -2.24. The Morgan fingerprint density at radius 2 is 1.61 bits per heavy atom. The van der Waals surface area contributed by atoms with E-state index in [0.717, 1.165) is 19.3 Å². The molecule has 2 saturated carbocycles. The van der Waals surface area contributed by atoms with Gasteiger partial charge in [-0.3, -0.25) is 14.4 Å². The van der Waals surface area contributed by atoms with Crippen molar-refractivity contribution in [1.82, 2.24) is 0 Å². The van der Waals surface area contributed by atoms with Gasteiger partial charge in [0.25, 0.3) is 0 Å². The fourth-order valence-corrected chi connectivity index (χ4v) is 9.22. The van der Waals surface area contributed by atoms with Crippen LogP contribution in [0.1, 0.15) is 126 Å². The molecule has 2 fully saturated rings. The van der Waals surface area contributed by atoms with Crippen molar-refractivity contribution < 1.29 is 39.2 Å². The van der Waals surface area contributed by atoms with E-state index in [9.17, 15) is 29.7 Å². The number of ketones is 1. The number of esters is 2. The number of carbonyl (C=O) groups is 3. The Hall–Kier alpha value is -2.03. The van der Waals surface area contributed by atoms with Crippen molar-refractivity contribution in [2.45, 2.75) is 149 Å². The highest BCUT2D eigenvalue weighted by Crippen LogP contribution is 2.75. The van der Waals surface area contributed by atoms with Gasteiger partial charge in [0.05, 0.1) is 17.9 Å². The van der Waals surface area contributed by atoms with Crippen LogP contribution in [-0.2, 0) is 23.9 Å². The number of fused-ring (bicyclic) bond motifs is 3. The third-order valence-corrected chi connectivity index (χ3v) is 12.4. The summed E-state index contributed by atoms with van der Waals surface area (Å²) in [6.07, 6.45) is 11.3. The molecule has 9 atom stereocenters. The van der Waals surface area contributed by atoms with Gasteiger partial charge in [0, 0.05) is 23.7 Å². The molecule has 4 rings (SSSR count). The molecule has 0 heterocycles. The van der Waals surface area contributed by atoms with Crippen LogP contribution in [0, 0.1) is 40.4 Å². The fraction of sp³-hybridized carbons (Fsp3) is 0.816. The molecule has 260 valence electrons. The first-order valence-corrected chi connectivity index (χ1v) is 18.0. The fourth-order valence-electron chi connectivity index (χ4n) is 9.22. The molecule has 4 aliphatic carbocycles. The monoisotopic (exact) mass is 644 g/mol. The van der Waals surface area contributed by atoms with E-state index in [-0.39, 0.29) is 23.2 Å². The van der Waals surface area contributed by atoms with Gasteiger partial charge in [0.1, 0.15) is 11.7 Å². The third kappa shape index (κ3) is 5.83. The van der Waals surface area contributed by atoms with Crippen LogP contribution < -0.4 is 0 Å². The van der Waals surface area contributed by atoms with Crippen molar-refractivity contribution in [3.63, 3.8) is 0 Å². The highest BCUT2D eigenvalue weighted by Gasteiger charge is 2.83. The Kier molecular flexibility index (Phi) is 11.1. The molecule has 0 aromatic carbocycles. The molecular formula is C38H60O8. The predicted octanol–water partition coefficient (Wildman–Crippen LogP) is 6.24. The van der Waals surface area contributed by atoms with Crippen molar-refractivity contribution in [2.24, 2.45) is 40.4 Å². The summed E-state index contributed by atoms with van der Waals surface area (Å²) in [4.78, 5) is 41.5. The van der Waals surface area contributed by atoms with E-state index < -0.39 is 70.5 Å². The molecule has 1 spiro atoms. The number of aliphatic hydroxyl groups excluding tert-OH is 2. The summed E-state index contributed by atoms with van der Waals surface area (Å²) >= 11 is 0. The summed E-state index contributed by atoms with van der Waals surface area (Å²) in [5, 5.41) is 35.0. The van der Waals surface area contributed by atoms with Gasteiger partial charge in [-0.15, -0.1) is 0 Å². The molecule has 0 aromatic heterocycles. The average molecular weight is 645 g/mol. The second kappa shape index (κ2) is 13.8. The molecule has 3 unspecified atom stereocenters. The maximum absolute atomic E-state index is 14.9. The van der Waals surface area contributed by atoms with Crippen LogP contribution in [0.4, 0.5) is 0 Å². The lowest BCUT2D eigenvalue weighted by atomic mass is 9.59. The van der Waals surface area contributed by atoms with Gasteiger partial charge in [-0.1, -0.05) is 112 Å². The Labute approximate surface area is 276 Å². The second-order valence-corrected chi connectivity index (χ2v) is 15.9. The zero-order chi connectivity index (χ0) is 34.2. The molecule has 0 radical (unpaired) electrons. The van der Waals surface area contributed by atoms with Crippen LogP contribution in [0.2, 0.25) is 0 Å². The number of Topliss-reactive ketones (excluding diaryl/α,β-unsaturated/α-hetero) is 1. The molecule has 0 amide bonds. The minimum absolute atomic E-state index is 0.0176. The van der Waals surface area contributed by atoms with Gasteiger partial charge >= 0.3 is 11.9 Å². The topological polar surface area (TPSA) is 130 Å². The Balaban J connectivity index is 1.60. The normalized spacial score (nSPS) is 36.5. The van der Waals surface area contributed by atoms with Crippen LogP contribution >= 0.6 is 0 Å². The molecule has 0 aliphatic heterocycles. The number of allylic oxidation sites excluding steroid dienone is 1. The van der Waals surface area contributed by atoms with E-state index in [2.05, 4.69) is 6.92 Å². The number of unbranched alkanes of at least 4 members (excludes halogenated alkanes) is 8. The van der Waals surface area contributed by atoms with Crippen molar-refractivity contribution in [2.75, 3.05) is 6.61 Å². The van der Waals surface area contributed by atoms with E-state index in [1.807, 2.05) is 34.6 Å². The van der Waals surface area contributed by atoms with Crippen LogP contribution in [-0.4, -0.2) is 63.1 Å². The first-order chi connectivity index (χ1) is 21.6. The number of hydrogen-bond acceptors (Lipinski definition) is 8. The SMILES string of the molecule is CCCCCCCCCCCC(=O)O[C@@]12C[C@@H](C)C34C=C(C)[C@H](OC(=O)C(C)C(C)C)[C@@]3(O)[C@H](O)C(CO)=CC(C4=O)[C@@H]1C2(C)C. The smallest absolute Gasteiger partial charge is 0.309 e. The third-order valence-electron chi connectivity index (χ3n) is 12.4. The van der Waals surface area contributed by atoms with E-state index in [1.54, 1.807) is 26.0 Å². The van der Waals surface area contributed by atoms with Crippen LogP contribution in [0.3, 0.4) is 0 Å². The van der Waals surface area contributed by atoms with E-state index in [1.165, 1.54) is 38.5 Å². The molecule has 2 bridgehead atoms. The maximum atomic E-state index is 14.9. The number of ether oxygens (including phenoxy) is 2. The summed E-state index contributed by atoms with van der Waals surface area (Å²) in [7, 11) is 0. The minimum Gasteiger partial charge on any atom is -0.458 e. The Morgan fingerprint density at radius 1 is 1.02 bits per heavy atom. The first kappa shape index (κ1) is 36.8. The van der Waals surface area contributed by atoms with Crippen molar-refractivity contribution >= 4 is 17.7 Å². The number of rotatable bonds is 15. The predicted molar refractivity (Wildman–Crippen MR) is 176 cm³/mol. The summed E-state index contributed by atoms with van der Waals surface area (Å²) in [5.41, 5.74) is -4.77. The van der Waals surface area contributed by atoms with Crippen LogP contribution in [0.25, 0.3) is 0 Å². The quantitative estimate of drug-likeness (QED) is 0.108. The number of aliphatic hydroxyl groups is 3. The molecule has 46 heavy (non-hydrogen) atoms. The lowest BCUT2D eigenvalue weighted by Gasteiger charge is -2.49. The van der Waals surface area contributed by atoms with Crippen molar-refractivity contribution in [3.05, 3.63) is 23.3 Å². The molecule has 0 saturated heterocycles. The molecule has 8 heteroatoms. The summed E-state index contributed by atoms with van der Waals surface area (Å²) < 4.78 is 12.4. The van der Waals surface area contributed by atoms with Gasteiger partial charge in [0.2, 0.25) is 0 Å². The molecule has 8 nitrogen and oxygen atoms in total. The maximum Gasteiger partial charge on any atom is 0.309 e. The lowest BCUT2D eigenvalue weighted by molar-refractivity contribution is -0.206. The van der Waals surface area contributed by atoms with Crippen LogP contribution in [0.15, 0.2) is 23.3 Å². The zero-order valence-corrected chi connectivity index (χ0v) is 29.6. The van der Waals surface area contributed by atoms with Crippen molar-refractivity contribution in [3.8, 4) is 0 Å². The van der Waals surface area contributed by atoms with Gasteiger partial charge in [-0.25, -0.2) is 0 Å². The summed E-state index contributed by atoms with van der Waals surface area (Å²) in [6.45, 7) is 14.8. The van der Waals surface area contributed by atoms with Gasteiger partial charge in [-0.05, 0) is 42.7 Å². The molecular weight excluding hydrogens is 584 g/mol. The molecule has 3 N–H and O–H groups in total. The van der Waals surface area contributed by atoms with E-state index in [0.29, 0.717) is 18.4 Å². The molecule has 0 aromatic rings. The number of hydrogen-bond donors (Lipinski definition) is 3. The van der Waals surface area contributed by atoms with Gasteiger partial charge in [0.15, 0.2) is 17.5 Å². The largest absolute Gasteiger partial charge is 0.458 e. The highest BCUT2D eigenvalue weighted by molar-refractivity contribution is 5.96. The average Bonchev–Trinajstić information content (AvgIpc) is 3.40. The summed E-state index contributed by atoms with van der Waals surface area (Å²) in [5.74, 6) is -3.39. The van der Waals surface area contributed by atoms with Crippen molar-refractivity contribution in [1.29, 1.82) is 0 Å². The number of carbonyl (C=O) groups excluding carboxylic acids is 3. The Bertz CT molecular complexity index is 1220. The first-order valence-electron chi connectivity index (χ1n) is 18.0. The standard InChI is InChI=1S/C38H60O8/c1-9-10-11-12-13-14-15-16-17-18-29(40)46-37-21-25(5)36-20-24(4)33(45-34(43)26(6)23(2)3)38(36,44)31(41)27(22-39)19-28(32(36)42)30(37)35(37,7)8/h19-20,23,25-26,28,30-31,33,39,41,44H,9-18,21-22H2,1-8H3/t25-,26?,28?,30-,31-,33+,36?,37+,38+/m1/s1. The van der Waals surface area contributed by atoms with Crippen LogP contribution in [0.5, 0.6) is 0 Å². The molecule has 4 aliphatic rings. The second-order valence-electron chi connectivity index (χ2n) is 15.9. The van der Waals surface area contributed by atoms with E-state index >= 15 is 0 Å². The highest BCUT2D eigenvalue weighted by atomic mass is 16.6. The van der Waals surface area contributed by atoms with E-state index in [4.69, 9.17) is 9.47 Å². The summed E-state index contributed by atoms with van der Waals surface area (Å²) in [6, 6.07) is 0.